The number of hydrogen-bond acceptors (Lipinski definition) is 4. The molecule has 0 spiro atoms. The van der Waals surface area contributed by atoms with Crippen LogP contribution in [0.4, 0.5) is 5.82 Å². The molecule has 0 amide bonds. The second-order valence-corrected chi connectivity index (χ2v) is 5.60. The predicted octanol–water partition coefficient (Wildman–Crippen LogP) is 2.61. The lowest BCUT2D eigenvalue weighted by Crippen LogP contribution is -2.52. The van der Waals surface area contributed by atoms with Crippen molar-refractivity contribution in [3.8, 4) is 6.07 Å². The fraction of sp³-hybridized carbons (Fsp3) is 0.538. The number of rotatable bonds is 1. The van der Waals surface area contributed by atoms with Crippen LogP contribution in [0.1, 0.15) is 26.3 Å². The molecule has 1 aliphatic rings. The zero-order valence-corrected chi connectivity index (χ0v) is 11.5. The third-order valence-electron chi connectivity index (χ3n) is 2.80. The van der Waals surface area contributed by atoms with Crippen molar-refractivity contribution >= 4 is 17.4 Å². The first kappa shape index (κ1) is 13.1. The number of nitrogens with zero attached hydrogens (tertiary/aromatic N) is 3. The average Bonchev–Trinajstić information content (AvgIpc) is 2.25. The fourth-order valence-corrected chi connectivity index (χ4v) is 2.54. The van der Waals surface area contributed by atoms with Gasteiger partial charge in [0.15, 0.2) is 0 Å². The molecule has 1 unspecified atom stereocenters. The Hall–Kier alpha value is -1.31. The van der Waals surface area contributed by atoms with Crippen molar-refractivity contribution in [2.75, 3.05) is 18.0 Å². The van der Waals surface area contributed by atoms with Gasteiger partial charge in [0.1, 0.15) is 11.0 Å². The molecule has 1 saturated heterocycles. The molecule has 2 rings (SSSR count). The van der Waals surface area contributed by atoms with E-state index in [9.17, 15) is 0 Å². The summed E-state index contributed by atoms with van der Waals surface area (Å²) >= 11 is 5.94. The Morgan fingerprint density at radius 2 is 2.28 bits per heavy atom. The van der Waals surface area contributed by atoms with Crippen molar-refractivity contribution in [2.45, 2.75) is 32.5 Å². The van der Waals surface area contributed by atoms with Crippen LogP contribution in [-0.4, -0.2) is 29.8 Å². The number of pyridine rings is 1. The van der Waals surface area contributed by atoms with Crippen LogP contribution in [0.25, 0.3) is 0 Å². The molecule has 5 heteroatoms. The minimum absolute atomic E-state index is 0.125. The van der Waals surface area contributed by atoms with E-state index in [1.165, 1.54) is 0 Å². The zero-order valence-electron chi connectivity index (χ0n) is 10.8. The summed E-state index contributed by atoms with van der Waals surface area (Å²) in [5, 5.41) is 9.31. The van der Waals surface area contributed by atoms with E-state index >= 15 is 0 Å². The number of hydrogen-bond donors (Lipinski definition) is 0. The van der Waals surface area contributed by atoms with E-state index in [0.29, 0.717) is 10.7 Å². The Balaban J connectivity index is 2.31. The Morgan fingerprint density at radius 3 is 2.89 bits per heavy atom. The van der Waals surface area contributed by atoms with Gasteiger partial charge in [0.25, 0.3) is 0 Å². The molecule has 1 aromatic rings. The van der Waals surface area contributed by atoms with Crippen LogP contribution < -0.4 is 4.90 Å². The van der Waals surface area contributed by atoms with Gasteiger partial charge in [-0.1, -0.05) is 11.6 Å². The molecule has 0 aromatic carbocycles. The van der Waals surface area contributed by atoms with Crippen molar-refractivity contribution in [3.63, 3.8) is 0 Å². The van der Waals surface area contributed by atoms with E-state index in [1.807, 2.05) is 20.8 Å². The maximum Gasteiger partial charge on any atom is 0.132 e. The Bertz CT molecular complexity index is 495. The summed E-state index contributed by atoms with van der Waals surface area (Å²) in [6.45, 7) is 7.61. The molecule has 18 heavy (non-hydrogen) atoms. The molecule has 1 aliphatic heterocycles. The van der Waals surface area contributed by atoms with Gasteiger partial charge in [-0.2, -0.15) is 5.26 Å². The minimum atomic E-state index is -0.228. The lowest BCUT2D eigenvalue weighted by atomic mass is 10.1. The number of nitriles is 1. The summed E-state index contributed by atoms with van der Waals surface area (Å²) in [5.74, 6) is 0.738. The number of halogens is 1. The van der Waals surface area contributed by atoms with Gasteiger partial charge in [-0.15, -0.1) is 0 Å². The van der Waals surface area contributed by atoms with Gasteiger partial charge in [-0.05, 0) is 32.9 Å². The first-order chi connectivity index (χ1) is 8.39. The molecule has 96 valence electrons. The van der Waals surface area contributed by atoms with E-state index in [0.717, 1.165) is 18.9 Å². The van der Waals surface area contributed by atoms with Crippen molar-refractivity contribution in [1.82, 2.24) is 4.98 Å². The third-order valence-corrected chi connectivity index (χ3v) is 3.00. The molecule has 1 fully saturated rings. The SMILES string of the molecule is CC1CN(c2cc(C#N)cc(Cl)n2)CC(C)(C)O1. The van der Waals surface area contributed by atoms with E-state index in [1.54, 1.807) is 12.1 Å². The predicted molar refractivity (Wildman–Crippen MR) is 70.8 cm³/mol. The van der Waals surface area contributed by atoms with Crippen LogP contribution in [0.5, 0.6) is 0 Å². The summed E-state index contributed by atoms with van der Waals surface area (Å²) in [4.78, 5) is 6.40. The largest absolute Gasteiger partial charge is 0.369 e. The summed E-state index contributed by atoms with van der Waals surface area (Å²) in [6.07, 6.45) is 0.125. The number of aromatic nitrogens is 1. The van der Waals surface area contributed by atoms with Crippen molar-refractivity contribution < 1.29 is 4.74 Å². The number of ether oxygens (including phenoxy) is 1. The van der Waals surface area contributed by atoms with Gasteiger partial charge >= 0.3 is 0 Å². The lowest BCUT2D eigenvalue weighted by molar-refractivity contribution is -0.0751. The van der Waals surface area contributed by atoms with Gasteiger partial charge < -0.3 is 9.64 Å². The maximum atomic E-state index is 8.96. The average molecular weight is 266 g/mol. The number of morpholine rings is 1. The second-order valence-electron chi connectivity index (χ2n) is 5.22. The highest BCUT2D eigenvalue weighted by Gasteiger charge is 2.32. The monoisotopic (exact) mass is 265 g/mol. The Kier molecular flexibility index (Phi) is 3.47. The molecule has 0 aliphatic carbocycles. The fourth-order valence-electron chi connectivity index (χ4n) is 2.34. The van der Waals surface area contributed by atoms with Gasteiger partial charge in [-0.25, -0.2) is 4.98 Å². The molecule has 2 heterocycles. The summed E-state index contributed by atoms with van der Waals surface area (Å²) in [7, 11) is 0. The van der Waals surface area contributed by atoms with Crippen molar-refractivity contribution in [2.24, 2.45) is 0 Å². The highest BCUT2D eigenvalue weighted by Crippen LogP contribution is 2.26. The van der Waals surface area contributed by atoms with Gasteiger partial charge in [0.05, 0.1) is 23.3 Å². The van der Waals surface area contributed by atoms with Gasteiger partial charge in [0.2, 0.25) is 0 Å². The van der Waals surface area contributed by atoms with Crippen molar-refractivity contribution in [3.05, 3.63) is 22.8 Å². The molecule has 1 aromatic heterocycles. The normalized spacial score (nSPS) is 22.6. The highest BCUT2D eigenvalue weighted by atomic mass is 35.5. The Labute approximate surface area is 112 Å². The maximum absolute atomic E-state index is 8.96. The summed E-state index contributed by atoms with van der Waals surface area (Å²) in [6, 6.07) is 5.43. The van der Waals surface area contributed by atoms with E-state index in [4.69, 9.17) is 21.6 Å². The molecular formula is C13H16ClN3O. The molecule has 1 atom stereocenters. The van der Waals surface area contributed by atoms with Crippen LogP contribution in [0.3, 0.4) is 0 Å². The van der Waals surface area contributed by atoms with Gasteiger partial charge in [-0.3, -0.25) is 0 Å². The second kappa shape index (κ2) is 4.75. The molecule has 0 radical (unpaired) electrons. The molecule has 4 nitrogen and oxygen atoms in total. The molecule has 0 N–H and O–H groups in total. The van der Waals surface area contributed by atoms with Gasteiger partial charge in [0, 0.05) is 13.1 Å². The standard InChI is InChI=1S/C13H16ClN3O/c1-9-7-17(8-13(2,3)18-9)12-5-10(6-15)4-11(14)16-12/h4-5,9H,7-8H2,1-3H3. The van der Waals surface area contributed by atoms with E-state index in [-0.39, 0.29) is 11.7 Å². The molecule has 0 bridgehead atoms. The first-order valence-corrected chi connectivity index (χ1v) is 6.28. The van der Waals surface area contributed by atoms with Crippen LogP contribution in [0, 0.1) is 11.3 Å². The minimum Gasteiger partial charge on any atom is -0.369 e. The topological polar surface area (TPSA) is 49.2 Å². The smallest absolute Gasteiger partial charge is 0.132 e. The van der Waals surface area contributed by atoms with Crippen LogP contribution >= 0.6 is 11.6 Å². The zero-order chi connectivity index (χ0) is 13.3. The molecular weight excluding hydrogens is 250 g/mol. The summed E-state index contributed by atoms with van der Waals surface area (Å²) < 4.78 is 5.84. The van der Waals surface area contributed by atoms with Crippen LogP contribution in [-0.2, 0) is 4.74 Å². The molecule has 0 saturated carbocycles. The quantitative estimate of drug-likeness (QED) is 0.733. The highest BCUT2D eigenvalue weighted by molar-refractivity contribution is 6.29. The lowest BCUT2D eigenvalue weighted by Gasteiger charge is -2.42. The van der Waals surface area contributed by atoms with Crippen LogP contribution in [0.15, 0.2) is 12.1 Å². The first-order valence-electron chi connectivity index (χ1n) is 5.90. The third kappa shape index (κ3) is 2.92. The van der Waals surface area contributed by atoms with E-state index in [2.05, 4.69) is 16.0 Å². The summed E-state index contributed by atoms with van der Waals surface area (Å²) in [5.41, 5.74) is 0.302. The Morgan fingerprint density at radius 1 is 1.56 bits per heavy atom. The van der Waals surface area contributed by atoms with E-state index < -0.39 is 0 Å². The van der Waals surface area contributed by atoms with Crippen molar-refractivity contribution in [1.29, 1.82) is 5.26 Å². The number of anilines is 1. The van der Waals surface area contributed by atoms with Crippen LogP contribution in [0.2, 0.25) is 5.15 Å².